The van der Waals surface area contributed by atoms with E-state index < -0.39 is 5.97 Å². The van der Waals surface area contributed by atoms with Crippen molar-refractivity contribution in [2.75, 3.05) is 18.4 Å². The number of aromatic nitrogens is 2. The molecule has 2 heterocycles. The Labute approximate surface area is 142 Å². The molecule has 1 atom stereocenters. The first kappa shape index (κ1) is 16.9. The van der Waals surface area contributed by atoms with Crippen molar-refractivity contribution >= 4 is 17.9 Å². The summed E-state index contributed by atoms with van der Waals surface area (Å²) in [6.07, 6.45) is 14.9. The van der Waals surface area contributed by atoms with Gasteiger partial charge in [-0.05, 0) is 31.4 Å². The molecule has 1 aliphatic carbocycles. The molecule has 0 radical (unpaired) electrons. The Hall–Kier alpha value is -1.95. The normalized spacial score (nSPS) is 25.2. The molecule has 0 unspecified atom stereocenters. The number of aliphatic carboxylic acids is 1. The third kappa shape index (κ3) is 4.54. The largest absolute Gasteiger partial charge is 0.478 e. The number of anilines is 1. The Morgan fingerprint density at radius 3 is 2.79 bits per heavy atom. The minimum Gasteiger partial charge on any atom is -0.478 e. The van der Waals surface area contributed by atoms with Gasteiger partial charge in [0.15, 0.2) is 0 Å². The second-order valence-corrected chi connectivity index (χ2v) is 7.04. The minimum atomic E-state index is -0.984. The molecule has 1 saturated carbocycles. The van der Waals surface area contributed by atoms with E-state index in [2.05, 4.69) is 20.6 Å². The van der Waals surface area contributed by atoms with Gasteiger partial charge in [0.2, 0.25) is 0 Å². The van der Waals surface area contributed by atoms with Gasteiger partial charge in [0.1, 0.15) is 5.82 Å². The molecule has 24 heavy (non-hydrogen) atoms. The highest BCUT2D eigenvalue weighted by molar-refractivity contribution is 5.84. The summed E-state index contributed by atoms with van der Waals surface area (Å²) in [4.78, 5) is 19.2. The van der Waals surface area contributed by atoms with Crippen molar-refractivity contribution in [3.8, 4) is 0 Å². The maximum Gasteiger partial charge on any atom is 0.328 e. The van der Waals surface area contributed by atoms with Crippen LogP contribution >= 0.6 is 0 Å². The van der Waals surface area contributed by atoms with Crippen LogP contribution in [0.4, 0.5) is 5.82 Å². The zero-order chi connectivity index (χ0) is 16.8. The van der Waals surface area contributed by atoms with Crippen LogP contribution in [0.2, 0.25) is 0 Å². The average molecular weight is 330 g/mol. The van der Waals surface area contributed by atoms with E-state index in [9.17, 15) is 4.79 Å². The fourth-order valence-electron chi connectivity index (χ4n) is 3.94. The highest BCUT2D eigenvalue weighted by Gasteiger charge is 2.36. The Morgan fingerprint density at radius 1 is 1.33 bits per heavy atom. The van der Waals surface area contributed by atoms with E-state index in [1.165, 1.54) is 44.6 Å². The van der Waals surface area contributed by atoms with Crippen LogP contribution in [-0.4, -0.2) is 39.7 Å². The van der Waals surface area contributed by atoms with Crippen molar-refractivity contribution < 1.29 is 9.90 Å². The molecule has 6 heteroatoms. The molecule has 3 rings (SSSR count). The Kier molecular flexibility index (Phi) is 5.45. The fraction of sp³-hybridized carbons (Fsp3) is 0.611. The lowest BCUT2D eigenvalue weighted by Crippen LogP contribution is -2.43. The Balaban J connectivity index is 1.65. The standard InChI is InChI=1S/C18H26N4O2/c23-17(24)7-6-15-11-21-16(12-20-15)22-18(8-9-19-13-18)10-14-4-2-1-3-5-14/h6-7,11-12,14,19H,1-5,8-10,13H2,(H,21,22)(H,23,24)/b7-6+/t18-/m0/s1. The van der Waals surface area contributed by atoms with E-state index in [1.54, 1.807) is 12.4 Å². The second-order valence-electron chi connectivity index (χ2n) is 7.04. The molecule has 2 aliphatic rings. The SMILES string of the molecule is O=C(O)/C=C/c1cnc(N[C@]2(CC3CCCCC3)CCNC2)cn1. The first-order chi connectivity index (χ1) is 11.7. The molecule has 0 spiro atoms. The van der Waals surface area contributed by atoms with Crippen molar-refractivity contribution in [1.82, 2.24) is 15.3 Å². The molecule has 3 N–H and O–H groups in total. The molecule has 1 saturated heterocycles. The van der Waals surface area contributed by atoms with Gasteiger partial charge in [-0.25, -0.2) is 9.78 Å². The van der Waals surface area contributed by atoms with Crippen molar-refractivity contribution in [3.63, 3.8) is 0 Å². The van der Waals surface area contributed by atoms with E-state index >= 15 is 0 Å². The second kappa shape index (κ2) is 7.75. The number of carboxylic acid groups (broad SMARTS) is 1. The number of carbonyl (C=O) groups is 1. The molecule has 1 aromatic rings. The van der Waals surface area contributed by atoms with E-state index in [0.717, 1.165) is 37.3 Å². The van der Waals surface area contributed by atoms with Crippen molar-refractivity contribution in [2.24, 2.45) is 5.92 Å². The van der Waals surface area contributed by atoms with Crippen molar-refractivity contribution in [1.29, 1.82) is 0 Å². The van der Waals surface area contributed by atoms with E-state index in [1.807, 2.05) is 0 Å². The predicted octanol–water partition coefficient (Wildman–Crippen LogP) is 2.69. The molecular formula is C18H26N4O2. The molecule has 0 aromatic carbocycles. The van der Waals surface area contributed by atoms with Crippen LogP contribution in [0.25, 0.3) is 6.08 Å². The summed E-state index contributed by atoms with van der Waals surface area (Å²) in [5.74, 6) is 0.585. The Bertz CT molecular complexity index is 573. The summed E-state index contributed by atoms with van der Waals surface area (Å²) in [6, 6.07) is 0. The van der Waals surface area contributed by atoms with Crippen LogP contribution < -0.4 is 10.6 Å². The smallest absolute Gasteiger partial charge is 0.328 e. The number of carboxylic acids is 1. The first-order valence-electron chi connectivity index (χ1n) is 8.87. The average Bonchev–Trinajstić information content (AvgIpc) is 3.03. The molecule has 130 valence electrons. The molecule has 0 bridgehead atoms. The summed E-state index contributed by atoms with van der Waals surface area (Å²) in [5.41, 5.74) is 0.614. The topological polar surface area (TPSA) is 87.1 Å². The summed E-state index contributed by atoms with van der Waals surface area (Å²) in [7, 11) is 0. The van der Waals surface area contributed by atoms with Gasteiger partial charge in [-0.2, -0.15) is 0 Å². The van der Waals surface area contributed by atoms with Gasteiger partial charge in [0.05, 0.1) is 23.6 Å². The lowest BCUT2D eigenvalue weighted by atomic mass is 9.79. The van der Waals surface area contributed by atoms with E-state index in [4.69, 9.17) is 5.11 Å². The maximum absolute atomic E-state index is 10.5. The molecule has 1 aliphatic heterocycles. The zero-order valence-corrected chi connectivity index (χ0v) is 14.0. The highest BCUT2D eigenvalue weighted by atomic mass is 16.4. The van der Waals surface area contributed by atoms with Gasteiger partial charge in [0.25, 0.3) is 0 Å². The number of nitrogens with one attached hydrogen (secondary N) is 2. The van der Waals surface area contributed by atoms with Gasteiger partial charge in [-0.1, -0.05) is 32.1 Å². The van der Waals surface area contributed by atoms with Crippen LogP contribution in [0.5, 0.6) is 0 Å². The van der Waals surface area contributed by atoms with Gasteiger partial charge in [0, 0.05) is 12.6 Å². The zero-order valence-electron chi connectivity index (χ0n) is 14.0. The van der Waals surface area contributed by atoms with Gasteiger partial charge >= 0.3 is 5.97 Å². The minimum absolute atomic E-state index is 0.0646. The fourth-order valence-corrected chi connectivity index (χ4v) is 3.94. The summed E-state index contributed by atoms with van der Waals surface area (Å²) < 4.78 is 0. The van der Waals surface area contributed by atoms with Crippen molar-refractivity contribution in [2.45, 2.75) is 50.5 Å². The van der Waals surface area contributed by atoms with Crippen LogP contribution in [-0.2, 0) is 4.79 Å². The monoisotopic (exact) mass is 330 g/mol. The Morgan fingerprint density at radius 2 is 2.17 bits per heavy atom. The maximum atomic E-state index is 10.5. The number of hydrogen-bond acceptors (Lipinski definition) is 5. The summed E-state index contributed by atoms with van der Waals surface area (Å²) in [6.45, 7) is 2.00. The third-order valence-electron chi connectivity index (χ3n) is 5.11. The van der Waals surface area contributed by atoms with Crippen LogP contribution in [0, 0.1) is 5.92 Å². The number of rotatable bonds is 6. The lowest BCUT2D eigenvalue weighted by Gasteiger charge is -2.35. The highest BCUT2D eigenvalue weighted by Crippen LogP contribution is 2.34. The summed E-state index contributed by atoms with van der Waals surface area (Å²) >= 11 is 0. The quantitative estimate of drug-likeness (QED) is 0.695. The van der Waals surface area contributed by atoms with Crippen LogP contribution in [0.3, 0.4) is 0 Å². The van der Waals surface area contributed by atoms with Gasteiger partial charge in [-0.15, -0.1) is 0 Å². The van der Waals surface area contributed by atoms with E-state index in [-0.39, 0.29) is 5.54 Å². The predicted molar refractivity (Wildman–Crippen MR) is 93.7 cm³/mol. The number of hydrogen-bond donors (Lipinski definition) is 3. The van der Waals surface area contributed by atoms with E-state index in [0.29, 0.717) is 5.69 Å². The molecule has 0 amide bonds. The third-order valence-corrected chi connectivity index (χ3v) is 5.11. The van der Waals surface area contributed by atoms with Crippen LogP contribution in [0.15, 0.2) is 18.5 Å². The molecule has 6 nitrogen and oxygen atoms in total. The molecule has 2 fully saturated rings. The molecule has 1 aromatic heterocycles. The van der Waals surface area contributed by atoms with Gasteiger partial charge < -0.3 is 15.7 Å². The molecular weight excluding hydrogens is 304 g/mol. The first-order valence-corrected chi connectivity index (χ1v) is 8.87. The van der Waals surface area contributed by atoms with Crippen LogP contribution in [0.1, 0.15) is 50.6 Å². The van der Waals surface area contributed by atoms with Gasteiger partial charge in [-0.3, -0.25) is 4.98 Å². The van der Waals surface area contributed by atoms with Crippen molar-refractivity contribution in [3.05, 3.63) is 24.2 Å². The lowest BCUT2D eigenvalue weighted by molar-refractivity contribution is -0.131. The number of nitrogens with zero attached hydrogens (tertiary/aromatic N) is 2. The summed E-state index contributed by atoms with van der Waals surface area (Å²) in [5, 5.41) is 15.8.